The third-order valence-electron chi connectivity index (χ3n) is 5.57. The van der Waals surface area contributed by atoms with Gasteiger partial charge in [0, 0.05) is 36.2 Å². The number of nitrogens with zero attached hydrogens (tertiary/aromatic N) is 1. The van der Waals surface area contributed by atoms with Crippen molar-refractivity contribution < 1.29 is 13.9 Å². The maximum absolute atomic E-state index is 12.5. The molecule has 128 valence electrons. The SMILES string of the molecule is COc1ccc(C2CC(=O)N(CC3CC3)C2)c2c1oc1ccccc12. The van der Waals surface area contributed by atoms with Crippen LogP contribution in [-0.2, 0) is 4.79 Å². The van der Waals surface area contributed by atoms with E-state index in [1.54, 1.807) is 7.11 Å². The number of ether oxygens (including phenoxy) is 1. The summed E-state index contributed by atoms with van der Waals surface area (Å²) in [4.78, 5) is 14.5. The van der Waals surface area contributed by atoms with Crippen molar-refractivity contribution in [3.8, 4) is 5.75 Å². The van der Waals surface area contributed by atoms with Crippen LogP contribution in [0, 0.1) is 5.92 Å². The number of carbonyl (C=O) groups is 1. The zero-order valence-electron chi connectivity index (χ0n) is 14.3. The van der Waals surface area contributed by atoms with Gasteiger partial charge in [-0.25, -0.2) is 0 Å². The highest BCUT2D eigenvalue weighted by atomic mass is 16.5. The summed E-state index contributed by atoms with van der Waals surface area (Å²) in [5.41, 5.74) is 2.85. The molecule has 0 spiro atoms. The molecule has 3 aromatic rings. The molecule has 1 saturated heterocycles. The molecule has 2 aliphatic rings. The predicted molar refractivity (Wildman–Crippen MR) is 96.9 cm³/mol. The highest BCUT2D eigenvalue weighted by Gasteiger charge is 2.35. The van der Waals surface area contributed by atoms with Crippen LogP contribution in [-0.4, -0.2) is 31.0 Å². The summed E-state index contributed by atoms with van der Waals surface area (Å²) in [7, 11) is 1.66. The minimum Gasteiger partial charge on any atom is -0.493 e. The second-order valence-electron chi connectivity index (χ2n) is 7.30. The Kier molecular flexibility index (Phi) is 3.27. The van der Waals surface area contributed by atoms with Crippen LogP contribution in [0.1, 0.15) is 30.7 Å². The smallest absolute Gasteiger partial charge is 0.223 e. The first kappa shape index (κ1) is 14.8. The highest BCUT2D eigenvalue weighted by Crippen LogP contribution is 2.42. The Hall–Kier alpha value is -2.49. The zero-order valence-corrected chi connectivity index (χ0v) is 14.3. The van der Waals surface area contributed by atoms with Crippen LogP contribution in [0.5, 0.6) is 5.75 Å². The highest BCUT2D eigenvalue weighted by molar-refractivity contribution is 6.09. The fraction of sp³-hybridized carbons (Fsp3) is 0.381. The van der Waals surface area contributed by atoms with Gasteiger partial charge in [-0.2, -0.15) is 0 Å². The summed E-state index contributed by atoms with van der Waals surface area (Å²) in [5.74, 6) is 1.98. The molecule has 1 aromatic heterocycles. The number of amides is 1. The van der Waals surface area contributed by atoms with Crippen LogP contribution >= 0.6 is 0 Å². The van der Waals surface area contributed by atoms with Crippen molar-refractivity contribution >= 4 is 27.8 Å². The van der Waals surface area contributed by atoms with Gasteiger partial charge < -0.3 is 14.1 Å². The number of likely N-dealkylation sites (tertiary alicyclic amines) is 1. The van der Waals surface area contributed by atoms with Gasteiger partial charge >= 0.3 is 0 Å². The molecule has 2 fully saturated rings. The van der Waals surface area contributed by atoms with Gasteiger partial charge in [-0.15, -0.1) is 0 Å². The van der Waals surface area contributed by atoms with E-state index in [0.717, 1.165) is 46.7 Å². The molecule has 0 bridgehead atoms. The molecule has 1 amide bonds. The number of hydrogen-bond donors (Lipinski definition) is 0. The molecule has 1 saturated carbocycles. The Morgan fingerprint density at radius 3 is 2.84 bits per heavy atom. The van der Waals surface area contributed by atoms with Crippen molar-refractivity contribution in [1.82, 2.24) is 4.90 Å². The lowest BCUT2D eigenvalue weighted by Crippen LogP contribution is -2.27. The van der Waals surface area contributed by atoms with Crippen LogP contribution in [0.15, 0.2) is 40.8 Å². The predicted octanol–water partition coefficient (Wildman–Crippen LogP) is 4.32. The Morgan fingerprint density at radius 2 is 2.04 bits per heavy atom. The lowest BCUT2D eigenvalue weighted by molar-refractivity contribution is -0.127. The molecular formula is C21H21NO3. The first-order valence-corrected chi connectivity index (χ1v) is 9.00. The van der Waals surface area contributed by atoms with Crippen molar-refractivity contribution in [1.29, 1.82) is 0 Å². The number of para-hydroxylation sites is 1. The minimum atomic E-state index is 0.223. The molecule has 0 N–H and O–H groups in total. The second-order valence-corrected chi connectivity index (χ2v) is 7.30. The number of hydrogen-bond acceptors (Lipinski definition) is 3. The lowest BCUT2D eigenvalue weighted by atomic mass is 9.93. The number of fused-ring (bicyclic) bond motifs is 3. The summed E-state index contributed by atoms with van der Waals surface area (Å²) < 4.78 is 11.6. The molecule has 4 nitrogen and oxygen atoms in total. The van der Waals surface area contributed by atoms with Gasteiger partial charge in [0.2, 0.25) is 5.91 Å². The first-order valence-electron chi connectivity index (χ1n) is 9.00. The minimum absolute atomic E-state index is 0.223. The van der Waals surface area contributed by atoms with Crippen molar-refractivity contribution in [2.75, 3.05) is 20.2 Å². The van der Waals surface area contributed by atoms with Crippen LogP contribution in [0.3, 0.4) is 0 Å². The summed E-state index contributed by atoms with van der Waals surface area (Å²) in [5, 5.41) is 2.19. The molecule has 0 radical (unpaired) electrons. The quantitative estimate of drug-likeness (QED) is 0.713. The van der Waals surface area contributed by atoms with E-state index in [0.29, 0.717) is 6.42 Å². The third-order valence-corrected chi connectivity index (χ3v) is 5.57. The number of methoxy groups -OCH3 is 1. The summed E-state index contributed by atoms with van der Waals surface area (Å²) in [6.45, 7) is 1.75. The topological polar surface area (TPSA) is 42.7 Å². The average Bonchev–Trinajstić information content (AvgIpc) is 3.25. The third kappa shape index (κ3) is 2.39. The number of carbonyl (C=O) groups excluding carboxylic acids is 1. The fourth-order valence-electron chi connectivity index (χ4n) is 4.10. The van der Waals surface area contributed by atoms with Crippen molar-refractivity contribution in [3.05, 3.63) is 42.0 Å². The van der Waals surface area contributed by atoms with Gasteiger partial charge in [0.1, 0.15) is 5.58 Å². The van der Waals surface area contributed by atoms with Gasteiger partial charge in [-0.1, -0.05) is 24.3 Å². The van der Waals surface area contributed by atoms with Crippen LogP contribution in [0.2, 0.25) is 0 Å². The van der Waals surface area contributed by atoms with Crippen LogP contribution in [0.25, 0.3) is 21.9 Å². The van der Waals surface area contributed by atoms with Crippen molar-refractivity contribution in [3.63, 3.8) is 0 Å². The normalized spacial score (nSPS) is 20.8. The Balaban J connectivity index is 1.62. The van der Waals surface area contributed by atoms with E-state index >= 15 is 0 Å². The van der Waals surface area contributed by atoms with Crippen LogP contribution < -0.4 is 4.74 Å². The maximum Gasteiger partial charge on any atom is 0.223 e. The molecule has 1 unspecified atom stereocenters. The van der Waals surface area contributed by atoms with Crippen molar-refractivity contribution in [2.45, 2.75) is 25.2 Å². The average molecular weight is 335 g/mol. The van der Waals surface area contributed by atoms with Gasteiger partial charge in [0.05, 0.1) is 7.11 Å². The van der Waals surface area contributed by atoms with Crippen molar-refractivity contribution in [2.24, 2.45) is 5.92 Å². The Morgan fingerprint density at radius 1 is 1.20 bits per heavy atom. The van der Waals surface area contributed by atoms with E-state index in [4.69, 9.17) is 9.15 Å². The molecule has 2 aromatic carbocycles. The Bertz CT molecular complexity index is 970. The Labute approximate surface area is 146 Å². The molecular weight excluding hydrogens is 314 g/mol. The fourth-order valence-corrected chi connectivity index (χ4v) is 4.10. The molecule has 1 aliphatic heterocycles. The molecule has 4 heteroatoms. The number of rotatable bonds is 4. The van der Waals surface area contributed by atoms with Gasteiger partial charge in [-0.3, -0.25) is 4.79 Å². The zero-order chi connectivity index (χ0) is 17.0. The van der Waals surface area contributed by atoms with E-state index < -0.39 is 0 Å². The lowest BCUT2D eigenvalue weighted by Gasteiger charge is -2.17. The number of benzene rings is 2. The van der Waals surface area contributed by atoms with E-state index in [-0.39, 0.29) is 11.8 Å². The first-order chi connectivity index (χ1) is 12.2. The summed E-state index contributed by atoms with van der Waals surface area (Å²) >= 11 is 0. The van der Waals surface area contributed by atoms with Crippen LogP contribution in [0.4, 0.5) is 0 Å². The van der Waals surface area contributed by atoms with E-state index in [9.17, 15) is 4.79 Å². The monoisotopic (exact) mass is 335 g/mol. The van der Waals surface area contributed by atoms with Gasteiger partial charge in [0.25, 0.3) is 0 Å². The van der Waals surface area contributed by atoms with E-state index in [1.807, 2.05) is 24.3 Å². The maximum atomic E-state index is 12.5. The summed E-state index contributed by atoms with van der Waals surface area (Å²) in [6, 6.07) is 12.2. The largest absolute Gasteiger partial charge is 0.493 e. The standard InChI is InChI=1S/C21H21NO3/c1-24-18-9-8-15(14-10-19(23)22(12-14)11-13-6-7-13)20-16-4-2-3-5-17(16)25-21(18)20/h2-5,8-9,13-14H,6-7,10-12H2,1H3. The van der Waals surface area contributed by atoms with Gasteiger partial charge in [-0.05, 0) is 36.5 Å². The molecule has 5 rings (SSSR count). The molecule has 2 heterocycles. The second kappa shape index (κ2) is 5.51. The van der Waals surface area contributed by atoms with Gasteiger partial charge in [0.15, 0.2) is 11.3 Å². The molecule has 1 aliphatic carbocycles. The molecule has 1 atom stereocenters. The molecule has 25 heavy (non-hydrogen) atoms. The van der Waals surface area contributed by atoms with E-state index in [1.165, 1.54) is 18.4 Å². The number of furan rings is 1. The summed E-state index contributed by atoms with van der Waals surface area (Å²) in [6.07, 6.45) is 3.13. The van der Waals surface area contributed by atoms with E-state index in [2.05, 4.69) is 17.0 Å².